The summed E-state index contributed by atoms with van der Waals surface area (Å²) in [6.45, 7) is 4.28. The van der Waals surface area contributed by atoms with Gasteiger partial charge in [-0.15, -0.1) is 0 Å². The maximum Gasteiger partial charge on any atom is 0.258 e. The minimum Gasteiger partial charge on any atom is -0.497 e. The summed E-state index contributed by atoms with van der Waals surface area (Å²) in [5.41, 5.74) is 1.06. The van der Waals surface area contributed by atoms with E-state index in [-0.39, 0.29) is 18.6 Å². The predicted octanol–water partition coefficient (Wildman–Crippen LogP) is 5.13. The molecule has 0 saturated carbocycles. The highest BCUT2D eigenvalue weighted by Crippen LogP contribution is 2.24. The average Bonchev–Trinajstić information content (AvgIpc) is 2.71. The molecule has 3 aromatic carbocycles. The van der Waals surface area contributed by atoms with Crippen molar-refractivity contribution in [2.45, 2.75) is 26.3 Å². The fourth-order valence-corrected chi connectivity index (χ4v) is 3.23. The molecule has 0 radical (unpaired) electrons. The van der Waals surface area contributed by atoms with Gasteiger partial charge in [0.25, 0.3) is 5.91 Å². The lowest BCUT2D eigenvalue weighted by atomic mass is 9.97. The monoisotopic (exact) mass is 377 g/mol. The maximum absolute atomic E-state index is 12.5. The summed E-state index contributed by atoms with van der Waals surface area (Å²) in [7, 11) is 1.65. The first-order valence-electron chi connectivity index (χ1n) is 9.60. The zero-order chi connectivity index (χ0) is 19.9. The zero-order valence-electron chi connectivity index (χ0n) is 16.6. The number of carbonyl (C=O) groups excluding carboxylic acids is 1. The van der Waals surface area contributed by atoms with Crippen molar-refractivity contribution < 1.29 is 14.3 Å². The summed E-state index contributed by atoms with van der Waals surface area (Å²) in [6.07, 6.45) is 0.855. The second kappa shape index (κ2) is 9.27. The van der Waals surface area contributed by atoms with Crippen LogP contribution in [0.5, 0.6) is 11.5 Å². The van der Waals surface area contributed by atoms with Crippen molar-refractivity contribution in [2.75, 3.05) is 13.7 Å². The van der Waals surface area contributed by atoms with Gasteiger partial charge in [-0.3, -0.25) is 4.79 Å². The Bertz CT molecular complexity index is 919. The molecule has 1 N–H and O–H groups in total. The van der Waals surface area contributed by atoms with E-state index in [1.807, 2.05) is 60.7 Å². The number of benzene rings is 3. The number of fused-ring (bicyclic) bond motifs is 1. The third kappa shape index (κ3) is 5.26. The molecule has 0 aliphatic heterocycles. The number of methoxy groups -OCH3 is 1. The van der Waals surface area contributed by atoms with E-state index in [0.717, 1.165) is 28.5 Å². The minimum absolute atomic E-state index is 0.0108. The van der Waals surface area contributed by atoms with E-state index in [0.29, 0.717) is 11.7 Å². The largest absolute Gasteiger partial charge is 0.497 e. The molecule has 0 aliphatic carbocycles. The summed E-state index contributed by atoms with van der Waals surface area (Å²) in [4.78, 5) is 12.5. The molecule has 0 aliphatic rings. The number of rotatable bonds is 8. The highest BCUT2D eigenvalue weighted by molar-refractivity contribution is 5.84. The van der Waals surface area contributed by atoms with Crippen molar-refractivity contribution in [1.82, 2.24) is 5.32 Å². The molecular formula is C24H27NO3. The van der Waals surface area contributed by atoms with Crippen LogP contribution in [0.2, 0.25) is 0 Å². The van der Waals surface area contributed by atoms with Crippen molar-refractivity contribution in [3.8, 4) is 11.5 Å². The van der Waals surface area contributed by atoms with Gasteiger partial charge in [0.2, 0.25) is 0 Å². The van der Waals surface area contributed by atoms with E-state index < -0.39 is 0 Å². The molecule has 3 rings (SSSR count). The number of carbonyl (C=O) groups is 1. The Labute approximate surface area is 166 Å². The molecule has 1 unspecified atom stereocenters. The van der Waals surface area contributed by atoms with Crippen LogP contribution in [0.4, 0.5) is 0 Å². The molecular weight excluding hydrogens is 350 g/mol. The summed E-state index contributed by atoms with van der Waals surface area (Å²) in [6, 6.07) is 21.7. The van der Waals surface area contributed by atoms with Gasteiger partial charge in [-0.25, -0.2) is 0 Å². The van der Waals surface area contributed by atoms with Gasteiger partial charge in [0.1, 0.15) is 11.5 Å². The molecule has 0 fully saturated rings. The molecule has 3 aromatic rings. The first-order chi connectivity index (χ1) is 13.5. The average molecular weight is 377 g/mol. The number of amides is 1. The fraction of sp³-hybridized carbons (Fsp3) is 0.292. The van der Waals surface area contributed by atoms with Gasteiger partial charge < -0.3 is 14.8 Å². The normalized spacial score (nSPS) is 12.0. The molecule has 1 amide bonds. The Balaban J connectivity index is 1.63. The molecule has 0 spiro atoms. The molecule has 0 saturated heterocycles. The van der Waals surface area contributed by atoms with Gasteiger partial charge in [-0.05, 0) is 52.9 Å². The molecule has 0 aromatic heterocycles. The Morgan fingerprint density at radius 2 is 1.61 bits per heavy atom. The number of hydrogen-bond donors (Lipinski definition) is 1. The van der Waals surface area contributed by atoms with Gasteiger partial charge in [0.15, 0.2) is 6.61 Å². The first-order valence-corrected chi connectivity index (χ1v) is 9.60. The standard InChI is InChI=1S/C24H27NO3/c1-17(2)14-23(19-9-11-21(27-3)12-10-19)25-24(26)16-28-22-13-8-18-6-4-5-7-20(18)15-22/h4-13,15,17,23H,14,16H2,1-3H3,(H,25,26). The third-order valence-electron chi connectivity index (χ3n) is 4.65. The van der Waals surface area contributed by atoms with Gasteiger partial charge in [0, 0.05) is 0 Å². The van der Waals surface area contributed by atoms with Crippen molar-refractivity contribution in [3.05, 3.63) is 72.3 Å². The van der Waals surface area contributed by atoms with Crippen LogP contribution in [-0.2, 0) is 4.79 Å². The summed E-state index contributed by atoms with van der Waals surface area (Å²) in [5, 5.41) is 5.35. The second-order valence-corrected chi connectivity index (χ2v) is 7.32. The second-order valence-electron chi connectivity index (χ2n) is 7.32. The van der Waals surface area contributed by atoms with E-state index in [1.165, 1.54) is 0 Å². The SMILES string of the molecule is COc1ccc(C(CC(C)C)NC(=O)COc2ccc3ccccc3c2)cc1. The maximum atomic E-state index is 12.5. The van der Waals surface area contributed by atoms with Crippen LogP contribution >= 0.6 is 0 Å². The van der Waals surface area contributed by atoms with Crippen LogP contribution in [0, 0.1) is 5.92 Å². The summed E-state index contributed by atoms with van der Waals surface area (Å²) < 4.78 is 10.9. The lowest BCUT2D eigenvalue weighted by Gasteiger charge is -2.21. The van der Waals surface area contributed by atoms with Crippen LogP contribution in [0.3, 0.4) is 0 Å². The van der Waals surface area contributed by atoms with Crippen LogP contribution in [-0.4, -0.2) is 19.6 Å². The van der Waals surface area contributed by atoms with Gasteiger partial charge in [-0.2, -0.15) is 0 Å². The van der Waals surface area contributed by atoms with E-state index in [2.05, 4.69) is 25.2 Å². The van der Waals surface area contributed by atoms with Crippen molar-refractivity contribution in [1.29, 1.82) is 0 Å². The Kier molecular flexibility index (Phi) is 6.53. The summed E-state index contributed by atoms with van der Waals surface area (Å²) in [5.74, 6) is 1.82. The Morgan fingerprint density at radius 1 is 0.929 bits per heavy atom. The zero-order valence-corrected chi connectivity index (χ0v) is 16.6. The smallest absolute Gasteiger partial charge is 0.258 e. The van der Waals surface area contributed by atoms with Crippen molar-refractivity contribution in [3.63, 3.8) is 0 Å². The van der Waals surface area contributed by atoms with Crippen LogP contribution < -0.4 is 14.8 Å². The molecule has 146 valence electrons. The molecule has 1 atom stereocenters. The minimum atomic E-state index is -0.130. The number of ether oxygens (including phenoxy) is 2. The van der Waals surface area contributed by atoms with Crippen LogP contribution in [0.15, 0.2) is 66.7 Å². The molecule has 4 heteroatoms. The highest BCUT2D eigenvalue weighted by atomic mass is 16.5. The summed E-state index contributed by atoms with van der Waals surface area (Å²) >= 11 is 0. The van der Waals surface area contributed by atoms with E-state index in [1.54, 1.807) is 7.11 Å². The fourth-order valence-electron chi connectivity index (χ4n) is 3.23. The Morgan fingerprint density at radius 3 is 2.29 bits per heavy atom. The number of nitrogens with one attached hydrogen (secondary N) is 1. The lowest BCUT2D eigenvalue weighted by Crippen LogP contribution is -2.33. The van der Waals surface area contributed by atoms with Crippen molar-refractivity contribution in [2.24, 2.45) is 5.92 Å². The van der Waals surface area contributed by atoms with E-state index in [9.17, 15) is 4.79 Å². The quantitative estimate of drug-likeness (QED) is 0.592. The van der Waals surface area contributed by atoms with Crippen molar-refractivity contribution >= 4 is 16.7 Å². The highest BCUT2D eigenvalue weighted by Gasteiger charge is 2.17. The molecule has 4 nitrogen and oxygen atoms in total. The number of hydrogen-bond acceptors (Lipinski definition) is 3. The topological polar surface area (TPSA) is 47.6 Å². The van der Waals surface area contributed by atoms with Gasteiger partial charge in [0.05, 0.1) is 13.2 Å². The molecule has 0 heterocycles. The van der Waals surface area contributed by atoms with E-state index in [4.69, 9.17) is 9.47 Å². The molecule has 0 bridgehead atoms. The lowest BCUT2D eigenvalue weighted by molar-refractivity contribution is -0.124. The Hall–Kier alpha value is -3.01. The van der Waals surface area contributed by atoms with Gasteiger partial charge in [-0.1, -0.05) is 56.3 Å². The van der Waals surface area contributed by atoms with Crippen LogP contribution in [0.1, 0.15) is 31.9 Å². The van der Waals surface area contributed by atoms with Gasteiger partial charge >= 0.3 is 0 Å². The third-order valence-corrected chi connectivity index (χ3v) is 4.65. The molecule has 28 heavy (non-hydrogen) atoms. The van der Waals surface area contributed by atoms with Crippen LogP contribution in [0.25, 0.3) is 10.8 Å². The predicted molar refractivity (Wildman–Crippen MR) is 113 cm³/mol. The first kappa shape index (κ1) is 19.7. The van der Waals surface area contributed by atoms with E-state index >= 15 is 0 Å².